The fourth-order valence-electron chi connectivity index (χ4n) is 0.874. The Hall–Kier alpha value is -0.250. The second-order valence-corrected chi connectivity index (χ2v) is 6.36. The van der Waals surface area contributed by atoms with E-state index in [2.05, 4.69) is 6.07 Å². The molecule has 0 amide bonds. The summed E-state index contributed by atoms with van der Waals surface area (Å²) < 4.78 is 0.0301. The van der Waals surface area contributed by atoms with Crippen LogP contribution in [-0.2, 0) is 4.79 Å². The molecule has 0 fully saturated rings. The summed E-state index contributed by atoms with van der Waals surface area (Å²) in [7, 11) is 0. The minimum absolute atomic E-state index is 0.00105. The van der Waals surface area contributed by atoms with E-state index in [1.165, 1.54) is 11.8 Å². The van der Waals surface area contributed by atoms with E-state index in [9.17, 15) is 4.79 Å². The molecule has 0 bridgehead atoms. The van der Waals surface area contributed by atoms with Crippen LogP contribution in [0.1, 0.15) is 19.8 Å². The number of thioether (sulfide) groups is 2. The Balaban J connectivity index is 4.25. The summed E-state index contributed by atoms with van der Waals surface area (Å²) in [6.07, 6.45) is 2.25. The average Bonchev–Trinajstić information content (AvgIpc) is 2.15. The average molecular weight is 263 g/mol. The van der Waals surface area contributed by atoms with E-state index in [4.69, 9.17) is 22.6 Å². The van der Waals surface area contributed by atoms with Crippen LogP contribution in [0.25, 0.3) is 0 Å². The van der Waals surface area contributed by atoms with Crippen molar-refractivity contribution in [2.75, 3.05) is 12.0 Å². The molecule has 6 heteroatoms. The lowest BCUT2D eigenvalue weighted by atomic mass is 10.1. The van der Waals surface area contributed by atoms with Crippen molar-refractivity contribution in [2.24, 2.45) is 0 Å². The molecule has 0 aromatic rings. The van der Waals surface area contributed by atoms with E-state index >= 15 is 0 Å². The van der Waals surface area contributed by atoms with Crippen LogP contribution in [0.3, 0.4) is 0 Å². The maximum absolute atomic E-state index is 10.4. The summed E-state index contributed by atoms with van der Waals surface area (Å²) in [5, 5.41) is 17.5. The number of rotatable bonds is 6. The van der Waals surface area contributed by atoms with Gasteiger partial charge in [0.1, 0.15) is 4.75 Å². The molecule has 1 atom stereocenters. The largest absolute Gasteiger partial charge is 0.481 e. The van der Waals surface area contributed by atoms with E-state index in [0.717, 1.165) is 4.20 Å². The van der Waals surface area contributed by atoms with Gasteiger partial charge in [-0.1, -0.05) is 24.0 Å². The normalized spacial score (nSPS) is 13.9. The molecule has 0 aliphatic rings. The number of hydrogen-bond acceptors (Lipinski definition) is 5. The number of hydrogen-bond donors (Lipinski definition) is 1. The quantitative estimate of drug-likeness (QED) is 0.743. The summed E-state index contributed by atoms with van der Waals surface area (Å²) >= 11 is 7.99. The van der Waals surface area contributed by atoms with E-state index < -0.39 is 10.7 Å². The van der Waals surface area contributed by atoms with Crippen LogP contribution >= 0.6 is 35.7 Å². The van der Waals surface area contributed by atoms with Crippen LogP contribution in [-0.4, -0.2) is 32.0 Å². The Morgan fingerprint density at radius 1 is 1.67 bits per heavy atom. The zero-order valence-corrected chi connectivity index (χ0v) is 11.1. The topological polar surface area (TPSA) is 61.1 Å². The van der Waals surface area contributed by atoms with E-state index in [1.54, 1.807) is 18.7 Å². The van der Waals surface area contributed by atoms with Gasteiger partial charge in [0.25, 0.3) is 0 Å². The summed E-state index contributed by atoms with van der Waals surface area (Å²) in [5.41, 5.74) is 0. The van der Waals surface area contributed by atoms with Crippen LogP contribution in [0.5, 0.6) is 0 Å². The van der Waals surface area contributed by atoms with Crippen molar-refractivity contribution in [3.63, 3.8) is 0 Å². The zero-order valence-electron chi connectivity index (χ0n) is 8.65. The van der Waals surface area contributed by atoms with Gasteiger partial charge in [0.05, 0.1) is 10.3 Å². The zero-order chi connectivity index (χ0) is 11.9. The number of thiocarbonyl (C=S) groups is 1. The molecule has 0 saturated carbocycles. The van der Waals surface area contributed by atoms with Gasteiger partial charge in [0.15, 0.2) is 0 Å². The highest BCUT2D eigenvalue weighted by molar-refractivity contribution is 8.25. The molecule has 0 aliphatic carbocycles. The summed E-state index contributed by atoms with van der Waals surface area (Å²) in [5.74, 6) is -0.169. The van der Waals surface area contributed by atoms with Crippen molar-refractivity contribution in [1.29, 1.82) is 5.26 Å². The lowest BCUT2D eigenvalue weighted by Gasteiger charge is -2.19. The van der Waals surface area contributed by atoms with Gasteiger partial charge in [0, 0.05) is 12.2 Å². The third kappa shape index (κ3) is 6.77. The molecule has 0 rings (SSSR count). The molecule has 3 nitrogen and oxygen atoms in total. The molecule has 84 valence electrons. The molecule has 15 heavy (non-hydrogen) atoms. The monoisotopic (exact) mass is 263 g/mol. The summed E-state index contributed by atoms with van der Waals surface area (Å²) in [6.45, 7) is 1.73. The standard InChI is InChI=1S/C9H13NO2S3/c1-9(6-10,4-3-7(11)12)15-8(13)5-14-2/h3-5H2,1-2H3,(H,11,12). The Morgan fingerprint density at radius 2 is 2.27 bits per heavy atom. The lowest BCUT2D eigenvalue weighted by molar-refractivity contribution is -0.137. The number of aliphatic carboxylic acids is 1. The Bertz CT molecular complexity index is 288. The fourth-order valence-corrected chi connectivity index (χ4v) is 3.36. The Morgan fingerprint density at radius 3 is 2.67 bits per heavy atom. The predicted octanol–water partition coefficient (Wildman–Crippen LogP) is 2.56. The van der Waals surface area contributed by atoms with E-state index in [1.807, 2.05) is 6.26 Å². The molecule has 0 saturated heterocycles. The van der Waals surface area contributed by atoms with Crippen molar-refractivity contribution in [1.82, 2.24) is 0 Å². The Kier molecular flexibility index (Phi) is 6.98. The van der Waals surface area contributed by atoms with Gasteiger partial charge in [-0.2, -0.15) is 17.0 Å². The maximum atomic E-state index is 10.4. The highest BCUT2D eigenvalue weighted by Crippen LogP contribution is 2.31. The molecule has 1 N–H and O–H groups in total. The highest BCUT2D eigenvalue weighted by atomic mass is 32.2. The molecule has 0 aromatic carbocycles. The molecule has 0 spiro atoms. The van der Waals surface area contributed by atoms with Gasteiger partial charge in [-0.05, 0) is 19.6 Å². The molecule has 0 aliphatic heterocycles. The van der Waals surface area contributed by atoms with Gasteiger partial charge < -0.3 is 5.11 Å². The number of carboxylic acid groups (broad SMARTS) is 1. The van der Waals surface area contributed by atoms with Gasteiger partial charge in [-0.3, -0.25) is 4.79 Å². The first-order chi connectivity index (χ1) is 6.93. The third-order valence-electron chi connectivity index (χ3n) is 1.65. The van der Waals surface area contributed by atoms with Crippen LogP contribution in [0.15, 0.2) is 0 Å². The Labute approximate surface area is 104 Å². The van der Waals surface area contributed by atoms with Gasteiger partial charge >= 0.3 is 5.97 Å². The highest BCUT2D eigenvalue weighted by Gasteiger charge is 2.27. The van der Waals surface area contributed by atoms with Crippen molar-refractivity contribution in [3.05, 3.63) is 0 Å². The smallest absolute Gasteiger partial charge is 0.303 e. The minimum atomic E-state index is -0.882. The van der Waals surface area contributed by atoms with Crippen LogP contribution in [0.2, 0.25) is 0 Å². The first-order valence-electron chi connectivity index (χ1n) is 4.27. The van der Waals surface area contributed by atoms with Crippen molar-refractivity contribution >= 4 is 45.9 Å². The van der Waals surface area contributed by atoms with E-state index in [0.29, 0.717) is 12.2 Å². The van der Waals surface area contributed by atoms with Gasteiger partial charge in [0.2, 0.25) is 0 Å². The number of nitriles is 1. The third-order valence-corrected chi connectivity index (χ3v) is 4.11. The summed E-state index contributed by atoms with van der Waals surface area (Å²) in [6, 6.07) is 2.13. The number of carboxylic acids is 1. The van der Waals surface area contributed by atoms with Gasteiger partial charge in [-0.15, -0.1) is 0 Å². The van der Waals surface area contributed by atoms with Crippen molar-refractivity contribution in [3.8, 4) is 6.07 Å². The number of nitrogens with zero attached hydrogens (tertiary/aromatic N) is 1. The van der Waals surface area contributed by atoms with Crippen LogP contribution in [0, 0.1) is 11.3 Å². The van der Waals surface area contributed by atoms with Gasteiger partial charge in [-0.25, -0.2) is 0 Å². The molecular weight excluding hydrogens is 250 g/mol. The van der Waals surface area contributed by atoms with Crippen LogP contribution in [0.4, 0.5) is 0 Å². The lowest BCUT2D eigenvalue weighted by Crippen LogP contribution is -2.21. The minimum Gasteiger partial charge on any atom is -0.481 e. The molecule has 1 unspecified atom stereocenters. The second-order valence-electron chi connectivity index (χ2n) is 3.14. The molecular formula is C9H13NO2S3. The van der Waals surface area contributed by atoms with Crippen molar-refractivity contribution in [2.45, 2.75) is 24.5 Å². The molecule has 0 aromatic heterocycles. The summed E-state index contributed by atoms with van der Waals surface area (Å²) in [4.78, 5) is 10.4. The van der Waals surface area contributed by atoms with Crippen molar-refractivity contribution < 1.29 is 9.90 Å². The molecule has 0 radical (unpaired) electrons. The van der Waals surface area contributed by atoms with Crippen LogP contribution < -0.4 is 0 Å². The fraction of sp³-hybridized carbons (Fsp3) is 0.667. The first-order valence-corrected chi connectivity index (χ1v) is 6.89. The predicted molar refractivity (Wildman–Crippen MR) is 69.5 cm³/mol. The maximum Gasteiger partial charge on any atom is 0.303 e. The molecule has 0 heterocycles. The van der Waals surface area contributed by atoms with E-state index in [-0.39, 0.29) is 6.42 Å². The first kappa shape index (κ1) is 14.8. The SMILES string of the molecule is CSCC(=S)SC(C)(C#N)CCC(=O)O. The number of carbonyl (C=O) groups is 1. The second kappa shape index (κ2) is 7.09.